The van der Waals surface area contributed by atoms with Crippen molar-refractivity contribution in [3.8, 4) is 29.0 Å². The van der Waals surface area contributed by atoms with Gasteiger partial charge in [0.15, 0.2) is 11.6 Å². The average molecular weight is 368 g/mol. The van der Waals surface area contributed by atoms with E-state index in [0.717, 1.165) is 5.56 Å². The smallest absolute Gasteiger partial charge is 0.381 e. The molecular formula is C16H12N6O3S. The highest BCUT2D eigenvalue weighted by Gasteiger charge is 2.20. The minimum Gasteiger partial charge on any atom is -0.497 e. The zero-order valence-corrected chi connectivity index (χ0v) is 14.6. The number of nitriles is 1. The van der Waals surface area contributed by atoms with Crippen molar-refractivity contribution in [2.75, 3.05) is 13.4 Å². The predicted molar refractivity (Wildman–Crippen MR) is 94.3 cm³/mol. The molecule has 0 aliphatic carbocycles. The van der Waals surface area contributed by atoms with Crippen molar-refractivity contribution in [2.45, 2.75) is 5.03 Å². The maximum atomic E-state index is 10.9. The number of ether oxygens (including phenoxy) is 1. The highest BCUT2D eigenvalue weighted by atomic mass is 32.2. The highest BCUT2D eigenvalue weighted by molar-refractivity contribution is 7.98. The lowest BCUT2D eigenvalue weighted by molar-refractivity contribution is -0.389. The number of aromatic nitrogens is 4. The van der Waals surface area contributed by atoms with Crippen LogP contribution in [0.3, 0.4) is 0 Å². The Morgan fingerprint density at radius 3 is 2.58 bits per heavy atom. The zero-order chi connectivity index (χ0) is 18.7. The van der Waals surface area contributed by atoms with Crippen LogP contribution in [0.1, 0.15) is 5.56 Å². The van der Waals surface area contributed by atoms with Gasteiger partial charge in [-0.25, -0.2) is 9.97 Å². The zero-order valence-electron chi connectivity index (χ0n) is 13.8. The van der Waals surface area contributed by atoms with E-state index in [1.165, 1.54) is 28.9 Å². The van der Waals surface area contributed by atoms with Crippen LogP contribution < -0.4 is 4.74 Å². The largest absolute Gasteiger partial charge is 0.497 e. The van der Waals surface area contributed by atoms with E-state index in [4.69, 9.17) is 4.74 Å². The second-order valence-corrected chi connectivity index (χ2v) is 5.79. The third kappa shape index (κ3) is 3.20. The molecule has 1 aromatic carbocycles. The molecule has 3 aromatic rings. The molecule has 2 aromatic heterocycles. The number of hydrogen-bond acceptors (Lipinski definition) is 8. The van der Waals surface area contributed by atoms with Crippen molar-refractivity contribution < 1.29 is 9.66 Å². The summed E-state index contributed by atoms with van der Waals surface area (Å²) in [6, 6.07) is 9.21. The molecule has 3 rings (SSSR count). The topological polar surface area (TPSA) is 120 Å². The van der Waals surface area contributed by atoms with Crippen molar-refractivity contribution >= 4 is 17.6 Å². The molecule has 10 heteroatoms. The molecule has 0 amide bonds. The van der Waals surface area contributed by atoms with Crippen molar-refractivity contribution in [3.63, 3.8) is 0 Å². The van der Waals surface area contributed by atoms with Gasteiger partial charge in [0, 0.05) is 5.56 Å². The molecule has 0 spiro atoms. The molecule has 0 bridgehead atoms. The molecule has 0 atom stereocenters. The van der Waals surface area contributed by atoms with Gasteiger partial charge in [0.1, 0.15) is 28.6 Å². The van der Waals surface area contributed by atoms with Crippen molar-refractivity contribution in [3.05, 3.63) is 52.5 Å². The van der Waals surface area contributed by atoms with Crippen LogP contribution in [0.2, 0.25) is 0 Å². The molecule has 2 heterocycles. The number of methoxy groups -OCH3 is 1. The number of nitro groups is 1. The summed E-state index contributed by atoms with van der Waals surface area (Å²) in [6.45, 7) is 0. The molecular weight excluding hydrogens is 356 g/mol. The summed E-state index contributed by atoms with van der Waals surface area (Å²) in [4.78, 5) is 22.9. The van der Waals surface area contributed by atoms with Gasteiger partial charge in [-0.05, 0) is 40.4 Å². The Morgan fingerprint density at radius 2 is 2.04 bits per heavy atom. The lowest BCUT2D eigenvalue weighted by Crippen LogP contribution is -2.05. The van der Waals surface area contributed by atoms with Gasteiger partial charge in [-0.15, -0.1) is 11.8 Å². The number of nitrogens with zero attached hydrogens (tertiary/aromatic N) is 6. The van der Waals surface area contributed by atoms with E-state index >= 15 is 0 Å². The molecule has 26 heavy (non-hydrogen) atoms. The first-order chi connectivity index (χ1) is 12.6. The van der Waals surface area contributed by atoms with Gasteiger partial charge in [-0.3, -0.25) is 4.57 Å². The fraction of sp³-hybridized carbons (Fsp3) is 0.125. The Hall–Kier alpha value is -3.45. The van der Waals surface area contributed by atoms with Gasteiger partial charge < -0.3 is 14.9 Å². The van der Waals surface area contributed by atoms with Crippen LogP contribution in [0.4, 0.5) is 5.82 Å². The molecule has 0 saturated carbocycles. The maximum Gasteiger partial charge on any atom is 0.381 e. The predicted octanol–water partition coefficient (Wildman–Crippen LogP) is 2.84. The first kappa shape index (κ1) is 17.4. The molecule has 0 radical (unpaired) electrons. The van der Waals surface area contributed by atoms with Gasteiger partial charge in [0.2, 0.25) is 6.33 Å². The Bertz CT molecular complexity index is 1010. The van der Waals surface area contributed by atoms with E-state index in [1.807, 2.05) is 0 Å². The first-order valence-electron chi connectivity index (χ1n) is 7.26. The molecule has 0 N–H and O–H groups in total. The molecule has 0 aliphatic heterocycles. The van der Waals surface area contributed by atoms with E-state index in [0.29, 0.717) is 16.6 Å². The lowest BCUT2D eigenvalue weighted by Gasteiger charge is -2.10. The number of hydrogen-bond donors (Lipinski definition) is 0. The van der Waals surface area contributed by atoms with Crippen LogP contribution in [0.25, 0.3) is 17.2 Å². The summed E-state index contributed by atoms with van der Waals surface area (Å²) in [5, 5.41) is 20.9. The summed E-state index contributed by atoms with van der Waals surface area (Å²) in [5.74, 6) is 0.989. The van der Waals surface area contributed by atoms with E-state index in [2.05, 4.69) is 21.0 Å². The van der Waals surface area contributed by atoms with Crippen LogP contribution in [0.15, 0.2) is 41.8 Å². The standard InChI is InChI=1S/C16H12N6O3S/c1-25-11-5-3-10(4-6-11)14-19-15(12(7-17)16(20-14)26-2)21-8-13(18-9-21)22(23)24/h3-6,8-9H,1-2H3. The van der Waals surface area contributed by atoms with Gasteiger partial charge >= 0.3 is 5.82 Å². The van der Waals surface area contributed by atoms with Crippen molar-refractivity contribution in [2.24, 2.45) is 0 Å². The second-order valence-electron chi connectivity index (χ2n) is 4.99. The van der Waals surface area contributed by atoms with Crippen LogP contribution in [-0.2, 0) is 0 Å². The van der Waals surface area contributed by atoms with Crippen LogP contribution in [0, 0.1) is 21.4 Å². The summed E-state index contributed by atoms with van der Waals surface area (Å²) in [6.07, 6.45) is 4.26. The Morgan fingerprint density at radius 1 is 1.31 bits per heavy atom. The monoisotopic (exact) mass is 368 g/mol. The van der Waals surface area contributed by atoms with Crippen LogP contribution in [-0.4, -0.2) is 37.8 Å². The number of thioether (sulfide) groups is 1. The minimum absolute atomic E-state index is 0.224. The van der Waals surface area contributed by atoms with Gasteiger partial charge in [0.25, 0.3) is 0 Å². The summed E-state index contributed by atoms with van der Waals surface area (Å²) in [5.41, 5.74) is 0.948. The van der Waals surface area contributed by atoms with Crippen LogP contribution >= 0.6 is 11.8 Å². The Balaban J connectivity index is 2.18. The lowest BCUT2D eigenvalue weighted by atomic mass is 10.2. The fourth-order valence-corrected chi connectivity index (χ4v) is 2.77. The third-order valence-electron chi connectivity index (χ3n) is 3.51. The Kier molecular flexibility index (Phi) is 4.81. The molecule has 0 fully saturated rings. The van der Waals surface area contributed by atoms with E-state index < -0.39 is 4.92 Å². The highest BCUT2D eigenvalue weighted by Crippen LogP contribution is 2.28. The number of rotatable bonds is 5. The molecule has 0 aliphatic rings. The number of imidazole rings is 1. The molecule has 0 unspecified atom stereocenters. The van der Waals surface area contributed by atoms with Gasteiger partial charge in [-0.1, -0.05) is 0 Å². The van der Waals surface area contributed by atoms with Gasteiger partial charge in [-0.2, -0.15) is 5.26 Å². The SMILES string of the molecule is COc1ccc(-c2nc(SC)c(C#N)c(-n3cnc([N+](=O)[O-])c3)n2)cc1. The minimum atomic E-state index is -0.608. The maximum absolute atomic E-state index is 10.9. The number of benzene rings is 1. The molecule has 0 saturated heterocycles. The van der Waals surface area contributed by atoms with Crippen LogP contribution in [0.5, 0.6) is 5.75 Å². The Labute approximate surface area is 152 Å². The van der Waals surface area contributed by atoms with Gasteiger partial charge in [0.05, 0.1) is 7.11 Å². The summed E-state index contributed by atoms with van der Waals surface area (Å²) >= 11 is 1.29. The average Bonchev–Trinajstić information content (AvgIpc) is 3.17. The van der Waals surface area contributed by atoms with E-state index in [-0.39, 0.29) is 17.2 Å². The van der Waals surface area contributed by atoms with E-state index in [1.54, 1.807) is 37.6 Å². The second kappa shape index (κ2) is 7.20. The molecule has 9 nitrogen and oxygen atoms in total. The summed E-state index contributed by atoms with van der Waals surface area (Å²) < 4.78 is 6.49. The van der Waals surface area contributed by atoms with Crippen molar-refractivity contribution in [1.82, 2.24) is 19.5 Å². The first-order valence-corrected chi connectivity index (χ1v) is 8.49. The summed E-state index contributed by atoms with van der Waals surface area (Å²) in [7, 11) is 1.57. The van der Waals surface area contributed by atoms with Crippen molar-refractivity contribution in [1.29, 1.82) is 5.26 Å². The fourth-order valence-electron chi connectivity index (χ4n) is 2.25. The quantitative estimate of drug-likeness (QED) is 0.292. The third-order valence-corrected chi connectivity index (χ3v) is 4.19. The molecule has 130 valence electrons. The van der Waals surface area contributed by atoms with E-state index in [9.17, 15) is 15.4 Å². The normalized spacial score (nSPS) is 10.3.